The molecule has 0 amide bonds. The van der Waals surface area contributed by atoms with Crippen LogP contribution in [-0.4, -0.2) is 12.2 Å². The van der Waals surface area contributed by atoms with Crippen LogP contribution in [0.2, 0.25) is 0 Å². The molecule has 1 aromatic rings. The van der Waals surface area contributed by atoms with E-state index in [-0.39, 0.29) is 12.2 Å². The highest BCUT2D eigenvalue weighted by atomic mass is 16.6. The van der Waals surface area contributed by atoms with Crippen LogP contribution < -0.4 is 5.32 Å². The standard InChI is InChI=1S/C12H13NO2/c1-8-3-5-10(6-4-8)7-11-12(14)15-9(2)13-11/h3-7,9,13H,1-2H3/b11-7+. The van der Waals surface area contributed by atoms with Gasteiger partial charge in [0.05, 0.1) is 0 Å². The van der Waals surface area contributed by atoms with Crippen LogP contribution in [0.1, 0.15) is 18.1 Å². The number of carbonyl (C=O) groups excluding carboxylic acids is 1. The summed E-state index contributed by atoms with van der Waals surface area (Å²) < 4.78 is 4.95. The van der Waals surface area contributed by atoms with E-state index in [1.54, 1.807) is 13.0 Å². The third kappa shape index (κ3) is 2.18. The molecule has 1 aliphatic heterocycles. The van der Waals surface area contributed by atoms with Crippen molar-refractivity contribution in [2.45, 2.75) is 20.1 Å². The van der Waals surface area contributed by atoms with Gasteiger partial charge in [0.15, 0.2) is 6.23 Å². The number of nitrogens with one attached hydrogen (secondary N) is 1. The van der Waals surface area contributed by atoms with E-state index in [1.165, 1.54) is 5.56 Å². The predicted molar refractivity (Wildman–Crippen MR) is 57.8 cm³/mol. The van der Waals surface area contributed by atoms with Gasteiger partial charge in [0, 0.05) is 0 Å². The van der Waals surface area contributed by atoms with E-state index in [9.17, 15) is 4.79 Å². The second kappa shape index (κ2) is 3.77. The summed E-state index contributed by atoms with van der Waals surface area (Å²) in [4.78, 5) is 11.3. The highest BCUT2D eigenvalue weighted by Gasteiger charge is 2.23. The zero-order valence-corrected chi connectivity index (χ0v) is 8.78. The van der Waals surface area contributed by atoms with Gasteiger partial charge in [-0.05, 0) is 25.5 Å². The second-order valence-corrected chi connectivity index (χ2v) is 3.66. The smallest absolute Gasteiger partial charge is 0.356 e. The number of esters is 1. The third-order valence-electron chi connectivity index (χ3n) is 2.25. The van der Waals surface area contributed by atoms with Gasteiger partial charge in [-0.3, -0.25) is 0 Å². The Morgan fingerprint density at radius 1 is 1.33 bits per heavy atom. The molecule has 0 radical (unpaired) electrons. The van der Waals surface area contributed by atoms with Crippen LogP contribution >= 0.6 is 0 Å². The zero-order chi connectivity index (χ0) is 10.8. The van der Waals surface area contributed by atoms with E-state index in [4.69, 9.17) is 4.74 Å². The maximum atomic E-state index is 11.3. The molecule has 1 atom stereocenters. The second-order valence-electron chi connectivity index (χ2n) is 3.66. The molecule has 0 aromatic heterocycles. The van der Waals surface area contributed by atoms with Gasteiger partial charge in [0.1, 0.15) is 5.70 Å². The molecule has 0 spiro atoms. The van der Waals surface area contributed by atoms with Gasteiger partial charge < -0.3 is 10.1 Å². The highest BCUT2D eigenvalue weighted by molar-refractivity contribution is 5.94. The van der Waals surface area contributed by atoms with Crippen molar-refractivity contribution < 1.29 is 9.53 Å². The minimum atomic E-state index is -0.289. The number of hydrogen-bond donors (Lipinski definition) is 1. The van der Waals surface area contributed by atoms with Crippen molar-refractivity contribution in [3.63, 3.8) is 0 Å². The first-order valence-corrected chi connectivity index (χ1v) is 4.91. The van der Waals surface area contributed by atoms with Gasteiger partial charge in [-0.15, -0.1) is 0 Å². The van der Waals surface area contributed by atoms with Gasteiger partial charge in [0.25, 0.3) is 0 Å². The van der Waals surface area contributed by atoms with Crippen LogP contribution in [0.5, 0.6) is 0 Å². The number of rotatable bonds is 1. The summed E-state index contributed by atoms with van der Waals surface area (Å²) in [6, 6.07) is 7.97. The molecule has 1 saturated heterocycles. The number of aryl methyl sites for hydroxylation is 1. The van der Waals surface area contributed by atoms with Crippen molar-refractivity contribution in [2.75, 3.05) is 0 Å². The first-order valence-electron chi connectivity index (χ1n) is 4.91. The molecule has 3 heteroatoms. The van der Waals surface area contributed by atoms with Crippen molar-refractivity contribution in [3.8, 4) is 0 Å². The SMILES string of the molecule is Cc1ccc(/C=C2/NC(C)OC2=O)cc1. The molecule has 15 heavy (non-hydrogen) atoms. The maximum absolute atomic E-state index is 11.3. The number of cyclic esters (lactones) is 1. The Balaban J connectivity index is 2.23. The summed E-state index contributed by atoms with van der Waals surface area (Å²) in [5.41, 5.74) is 2.72. The van der Waals surface area contributed by atoms with E-state index in [0.29, 0.717) is 5.70 Å². The predicted octanol–water partition coefficient (Wildman–Crippen LogP) is 1.83. The lowest BCUT2D eigenvalue weighted by Crippen LogP contribution is -2.16. The van der Waals surface area contributed by atoms with E-state index < -0.39 is 0 Å². The normalized spacial score (nSPS) is 22.7. The Hall–Kier alpha value is -1.77. The summed E-state index contributed by atoms with van der Waals surface area (Å²) >= 11 is 0. The largest absolute Gasteiger partial charge is 0.437 e. The topological polar surface area (TPSA) is 38.3 Å². The van der Waals surface area contributed by atoms with Gasteiger partial charge in [-0.2, -0.15) is 0 Å². The van der Waals surface area contributed by atoms with Gasteiger partial charge >= 0.3 is 5.97 Å². The molecule has 0 saturated carbocycles. The fourth-order valence-corrected chi connectivity index (χ4v) is 1.46. The molecular formula is C12H13NO2. The molecule has 78 valence electrons. The van der Waals surface area contributed by atoms with E-state index in [1.807, 2.05) is 31.2 Å². The number of hydrogen-bond acceptors (Lipinski definition) is 3. The van der Waals surface area contributed by atoms with Crippen LogP contribution in [0, 0.1) is 6.92 Å². The van der Waals surface area contributed by atoms with Gasteiger partial charge in [-0.1, -0.05) is 29.8 Å². The Kier molecular flexibility index (Phi) is 2.46. The lowest BCUT2D eigenvalue weighted by Gasteiger charge is -1.99. The lowest BCUT2D eigenvalue weighted by molar-refractivity contribution is -0.138. The average molecular weight is 203 g/mol. The molecular weight excluding hydrogens is 190 g/mol. The minimum absolute atomic E-state index is 0.228. The van der Waals surface area contributed by atoms with Gasteiger partial charge in [0.2, 0.25) is 0 Å². The van der Waals surface area contributed by atoms with Crippen LogP contribution in [0.25, 0.3) is 6.08 Å². The summed E-state index contributed by atoms with van der Waals surface area (Å²) in [5, 5.41) is 2.96. The highest BCUT2D eigenvalue weighted by Crippen LogP contribution is 2.13. The lowest BCUT2D eigenvalue weighted by atomic mass is 10.1. The van der Waals surface area contributed by atoms with Gasteiger partial charge in [-0.25, -0.2) is 4.79 Å². The summed E-state index contributed by atoms with van der Waals surface area (Å²) in [6.07, 6.45) is 1.57. The first kappa shape index (κ1) is 9.77. The summed E-state index contributed by atoms with van der Waals surface area (Å²) in [6.45, 7) is 3.83. The van der Waals surface area contributed by atoms with Crippen molar-refractivity contribution in [3.05, 3.63) is 41.1 Å². The molecule has 1 heterocycles. The fourth-order valence-electron chi connectivity index (χ4n) is 1.46. The Morgan fingerprint density at radius 3 is 2.53 bits per heavy atom. The number of benzene rings is 1. The Labute approximate surface area is 88.8 Å². The van der Waals surface area contributed by atoms with Crippen LogP contribution in [0.3, 0.4) is 0 Å². The molecule has 0 aliphatic carbocycles. The first-order chi connectivity index (χ1) is 7.15. The molecule has 1 unspecified atom stereocenters. The quantitative estimate of drug-likeness (QED) is 0.559. The molecule has 2 rings (SSSR count). The van der Waals surface area contributed by atoms with Crippen LogP contribution in [0.15, 0.2) is 30.0 Å². The number of carbonyl (C=O) groups is 1. The van der Waals surface area contributed by atoms with E-state index >= 15 is 0 Å². The maximum Gasteiger partial charge on any atom is 0.356 e. The van der Waals surface area contributed by atoms with Crippen LogP contribution in [-0.2, 0) is 9.53 Å². The zero-order valence-electron chi connectivity index (χ0n) is 8.78. The third-order valence-corrected chi connectivity index (χ3v) is 2.25. The van der Waals surface area contributed by atoms with Crippen molar-refractivity contribution in [1.29, 1.82) is 0 Å². The average Bonchev–Trinajstić information content (AvgIpc) is 2.49. The fraction of sp³-hybridized carbons (Fsp3) is 0.250. The molecule has 1 aliphatic rings. The number of ether oxygens (including phenoxy) is 1. The monoisotopic (exact) mass is 203 g/mol. The van der Waals surface area contributed by atoms with Crippen molar-refractivity contribution >= 4 is 12.0 Å². The van der Waals surface area contributed by atoms with Crippen molar-refractivity contribution in [1.82, 2.24) is 5.32 Å². The van der Waals surface area contributed by atoms with E-state index in [2.05, 4.69) is 5.32 Å². The van der Waals surface area contributed by atoms with Crippen LogP contribution in [0.4, 0.5) is 0 Å². The van der Waals surface area contributed by atoms with E-state index in [0.717, 1.165) is 5.56 Å². The molecule has 1 fully saturated rings. The minimum Gasteiger partial charge on any atom is -0.437 e. The molecule has 1 aromatic carbocycles. The molecule has 3 nitrogen and oxygen atoms in total. The Morgan fingerprint density at radius 2 is 2.00 bits per heavy atom. The summed E-state index contributed by atoms with van der Waals surface area (Å²) in [5.74, 6) is -0.289. The summed E-state index contributed by atoms with van der Waals surface area (Å²) in [7, 11) is 0. The molecule has 1 N–H and O–H groups in total. The Bertz CT molecular complexity index is 406. The molecule has 0 bridgehead atoms. The van der Waals surface area contributed by atoms with Crippen molar-refractivity contribution in [2.24, 2.45) is 0 Å².